The van der Waals surface area contributed by atoms with Crippen molar-refractivity contribution in [3.05, 3.63) is 23.8 Å². The van der Waals surface area contributed by atoms with E-state index in [1.54, 1.807) is 6.07 Å². The summed E-state index contributed by atoms with van der Waals surface area (Å²) >= 11 is 0. The summed E-state index contributed by atoms with van der Waals surface area (Å²) in [5, 5.41) is 17.5. The average molecular weight is 162 g/mol. The Morgan fingerprint density at radius 3 is 2.92 bits per heavy atom. The summed E-state index contributed by atoms with van der Waals surface area (Å²) < 4.78 is 0. The summed E-state index contributed by atoms with van der Waals surface area (Å²) in [5.74, 6) is 0.0884. The molecule has 0 bridgehead atoms. The lowest BCUT2D eigenvalue weighted by Gasteiger charge is -2.03. The van der Waals surface area contributed by atoms with Gasteiger partial charge >= 0.3 is 0 Å². The van der Waals surface area contributed by atoms with Crippen LogP contribution in [0.5, 0.6) is 5.75 Å². The van der Waals surface area contributed by atoms with Gasteiger partial charge in [0.15, 0.2) is 0 Å². The lowest BCUT2D eigenvalue weighted by molar-refractivity contribution is 0.477. The molecule has 62 valence electrons. The molecule has 1 aromatic carbocycles. The Bertz CT molecular complexity index is 315. The van der Waals surface area contributed by atoms with Gasteiger partial charge in [-0.05, 0) is 18.1 Å². The number of para-hydroxylation sites is 1. The van der Waals surface area contributed by atoms with Crippen LogP contribution in [-0.2, 0) is 6.42 Å². The number of phenolic OH excluding ortho intramolecular Hbond substituents is 1. The number of rotatable bonds is 2. The monoisotopic (exact) mass is 162 g/mol. The van der Waals surface area contributed by atoms with Gasteiger partial charge in [0.25, 0.3) is 0 Å². The van der Waals surface area contributed by atoms with Crippen LogP contribution in [-0.4, -0.2) is 5.11 Å². The molecule has 0 radical (unpaired) electrons. The molecule has 0 heterocycles. The third-order valence-electron chi connectivity index (χ3n) is 1.68. The minimum Gasteiger partial charge on any atom is -0.506 e. The Hall–Kier alpha value is -1.69. The number of anilines is 1. The Labute approximate surface area is 71.1 Å². The Kier molecular flexibility index (Phi) is 2.54. The topological polar surface area (TPSA) is 70.0 Å². The van der Waals surface area contributed by atoms with Crippen molar-refractivity contribution < 1.29 is 5.11 Å². The maximum absolute atomic E-state index is 9.19. The van der Waals surface area contributed by atoms with E-state index in [1.165, 1.54) is 6.07 Å². The molecular formula is C9H10N2O. The zero-order chi connectivity index (χ0) is 8.97. The van der Waals surface area contributed by atoms with E-state index in [9.17, 15) is 5.11 Å². The van der Waals surface area contributed by atoms with Crippen LogP contribution < -0.4 is 5.73 Å². The molecule has 0 fully saturated rings. The van der Waals surface area contributed by atoms with E-state index < -0.39 is 0 Å². The SMILES string of the molecule is N#CCCc1cccc(O)c1N. The van der Waals surface area contributed by atoms with Crippen molar-refractivity contribution in [1.29, 1.82) is 5.26 Å². The third-order valence-corrected chi connectivity index (χ3v) is 1.68. The standard InChI is InChI=1S/C9H10N2O/c10-6-2-4-7-3-1-5-8(12)9(7)11/h1,3,5,12H,2,4,11H2. The van der Waals surface area contributed by atoms with Crippen LogP contribution in [0.25, 0.3) is 0 Å². The second-order valence-corrected chi connectivity index (χ2v) is 2.51. The first kappa shape index (κ1) is 8.41. The quantitative estimate of drug-likeness (QED) is 0.510. The molecule has 12 heavy (non-hydrogen) atoms. The van der Waals surface area contributed by atoms with E-state index in [-0.39, 0.29) is 5.75 Å². The number of nitrogens with zero attached hydrogens (tertiary/aromatic N) is 1. The van der Waals surface area contributed by atoms with Gasteiger partial charge in [0, 0.05) is 6.42 Å². The van der Waals surface area contributed by atoms with Crippen LogP contribution in [0.15, 0.2) is 18.2 Å². The van der Waals surface area contributed by atoms with Crippen LogP contribution in [0.1, 0.15) is 12.0 Å². The molecule has 0 atom stereocenters. The predicted octanol–water partition coefficient (Wildman–Crippen LogP) is 1.43. The first-order valence-corrected chi connectivity index (χ1v) is 3.69. The summed E-state index contributed by atoms with van der Waals surface area (Å²) in [7, 11) is 0. The van der Waals surface area contributed by atoms with Crippen LogP contribution in [0.3, 0.4) is 0 Å². The van der Waals surface area contributed by atoms with Gasteiger partial charge in [-0.3, -0.25) is 0 Å². The van der Waals surface area contributed by atoms with Gasteiger partial charge < -0.3 is 10.8 Å². The number of hydrogen-bond acceptors (Lipinski definition) is 3. The second-order valence-electron chi connectivity index (χ2n) is 2.51. The summed E-state index contributed by atoms with van der Waals surface area (Å²) in [6.45, 7) is 0. The molecule has 0 amide bonds. The number of benzene rings is 1. The van der Waals surface area contributed by atoms with Crippen molar-refractivity contribution in [3.8, 4) is 11.8 Å². The van der Waals surface area contributed by atoms with Crippen LogP contribution in [0, 0.1) is 11.3 Å². The zero-order valence-corrected chi connectivity index (χ0v) is 6.62. The smallest absolute Gasteiger partial charge is 0.138 e. The fourth-order valence-electron chi connectivity index (χ4n) is 1.01. The van der Waals surface area contributed by atoms with Gasteiger partial charge in [-0.1, -0.05) is 12.1 Å². The minimum absolute atomic E-state index is 0.0884. The number of aromatic hydroxyl groups is 1. The Balaban J connectivity index is 2.86. The molecule has 0 saturated carbocycles. The number of nitriles is 1. The molecule has 3 nitrogen and oxygen atoms in total. The van der Waals surface area contributed by atoms with Crippen molar-refractivity contribution in [2.45, 2.75) is 12.8 Å². The lowest BCUT2D eigenvalue weighted by Crippen LogP contribution is -1.93. The van der Waals surface area contributed by atoms with Gasteiger partial charge in [0.05, 0.1) is 11.8 Å². The van der Waals surface area contributed by atoms with Crippen molar-refractivity contribution in [1.82, 2.24) is 0 Å². The third kappa shape index (κ3) is 1.67. The molecule has 0 unspecified atom stereocenters. The van der Waals surface area contributed by atoms with Gasteiger partial charge in [0.2, 0.25) is 0 Å². The molecule has 0 aliphatic carbocycles. The second kappa shape index (κ2) is 3.63. The predicted molar refractivity (Wildman–Crippen MR) is 46.5 cm³/mol. The van der Waals surface area contributed by atoms with E-state index in [0.29, 0.717) is 18.5 Å². The van der Waals surface area contributed by atoms with Gasteiger partial charge in [-0.2, -0.15) is 5.26 Å². The van der Waals surface area contributed by atoms with E-state index in [1.807, 2.05) is 12.1 Å². The highest BCUT2D eigenvalue weighted by atomic mass is 16.3. The Morgan fingerprint density at radius 2 is 2.25 bits per heavy atom. The summed E-state index contributed by atoms with van der Waals surface area (Å²) in [6.07, 6.45) is 1.02. The molecule has 3 N–H and O–H groups in total. The summed E-state index contributed by atoms with van der Waals surface area (Å²) in [4.78, 5) is 0. The van der Waals surface area contributed by atoms with Gasteiger partial charge in [-0.15, -0.1) is 0 Å². The fourth-order valence-corrected chi connectivity index (χ4v) is 1.01. The minimum atomic E-state index is 0.0884. The number of aryl methyl sites for hydroxylation is 1. The van der Waals surface area contributed by atoms with Crippen molar-refractivity contribution in [3.63, 3.8) is 0 Å². The van der Waals surface area contributed by atoms with E-state index in [0.717, 1.165) is 5.56 Å². The summed E-state index contributed by atoms with van der Waals surface area (Å²) in [5.41, 5.74) is 6.78. The van der Waals surface area contributed by atoms with Gasteiger partial charge in [-0.25, -0.2) is 0 Å². The number of nitrogens with two attached hydrogens (primary N) is 1. The van der Waals surface area contributed by atoms with Gasteiger partial charge in [0.1, 0.15) is 5.75 Å². The zero-order valence-electron chi connectivity index (χ0n) is 6.62. The number of nitrogen functional groups attached to an aromatic ring is 1. The lowest BCUT2D eigenvalue weighted by atomic mass is 10.1. The maximum Gasteiger partial charge on any atom is 0.138 e. The average Bonchev–Trinajstić information content (AvgIpc) is 2.08. The number of phenols is 1. The van der Waals surface area contributed by atoms with E-state index in [2.05, 4.69) is 0 Å². The van der Waals surface area contributed by atoms with Crippen molar-refractivity contribution in [2.75, 3.05) is 5.73 Å². The van der Waals surface area contributed by atoms with E-state index >= 15 is 0 Å². The first-order valence-electron chi connectivity index (χ1n) is 3.69. The molecule has 1 rings (SSSR count). The maximum atomic E-state index is 9.19. The number of hydrogen-bond donors (Lipinski definition) is 2. The highest BCUT2D eigenvalue weighted by Gasteiger charge is 2.01. The molecule has 0 aliphatic rings. The normalized spacial score (nSPS) is 9.25. The summed E-state index contributed by atoms with van der Waals surface area (Å²) in [6, 6.07) is 7.09. The van der Waals surface area contributed by atoms with Crippen LogP contribution in [0.2, 0.25) is 0 Å². The highest BCUT2D eigenvalue weighted by molar-refractivity contribution is 5.57. The molecule has 0 aliphatic heterocycles. The Morgan fingerprint density at radius 1 is 1.50 bits per heavy atom. The van der Waals surface area contributed by atoms with Crippen molar-refractivity contribution in [2.24, 2.45) is 0 Å². The van der Waals surface area contributed by atoms with Crippen LogP contribution in [0.4, 0.5) is 5.69 Å². The van der Waals surface area contributed by atoms with Crippen LogP contribution >= 0.6 is 0 Å². The molecular weight excluding hydrogens is 152 g/mol. The largest absolute Gasteiger partial charge is 0.506 e. The fraction of sp³-hybridized carbons (Fsp3) is 0.222. The van der Waals surface area contributed by atoms with Crippen molar-refractivity contribution >= 4 is 5.69 Å². The highest BCUT2D eigenvalue weighted by Crippen LogP contribution is 2.24. The molecule has 0 spiro atoms. The first-order chi connectivity index (χ1) is 5.75. The molecule has 0 saturated heterocycles. The van der Waals surface area contributed by atoms with E-state index in [4.69, 9.17) is 11.0 Å². The molecule has 3 heteroatoms. The molecule has 1 aromatic rings. The molecule has 0 aromatic heterocycles.